The van der Waals surface area contributed by atoms with Crippen LogP contribution in [0.2, 0.25) is 0 Å². The maximum Gasteiger partial charge on any atom is 0.316 e. The molecule has 3 amide bonds. The standard InChI is InChI=1S/C21H19N3O3/c22-21(26)24-17-13-11-16(12-14-17)23-20(25)19(15-7-3-1-4-8-15)27-18-9-5-2-6-10-18/h1-14,19H,(H,23,25)(H3,22,24,26)/t19-/m0/s1. The topological polar surface area (TPSA) is 93.5 Å². The van der Waals surface area contributed by atoms with Crippen LogP contribution in [0.3, 0.4) is 0 Å². The van der Waals surface area contributed by atoms with Gasteiger partial charge in [-0.3, -0.25) is 4.79 Å². The van der Waals surface area contributed by atoms with Crippen LogP contribution in [0, 0.1) is 0 Å². The van der Waals surface area contributed by atoms with Crippen LogP contribution in [0.4, 0.5) is 16.2 Å². The van der Waals surface area contributed by atoms with Crippen LogP contribution in [0.5, 0.6) is 5.75 Å². The molecular formula is C21H19N3O3. The van der Waals surface area contributed by atoms with Crippen molar-refractivity contribution in [3.63, 3.8) is 0 Å². The Kier molecular flexibility index (Phi) is 5.69. The second-order valence-electron chi connectivity index (χ2n) is 5.78. The molecule has 6 nitrogen and oxygen atoms in total. The highest BCUT2D eigenvalue weighted by molar-refractivity contribution is 5.95. The molecule has 0 aliphatic rings. The average Bonchev–Trinajstić information content (AvgIpc) is 2.68. The number of carbonyl (C=O) groups excluding carboxylic acids is 2. The first-order chi connectivity index (χ1) is 13.1. The van der Waals surface area contributed by atoms with E-state index < -0.39 is 12.1 Å². The predicted molar refractivity (Wildman–Crippen MR) is 105 cm³/mol. The number of amides is 3. The summed E-state index contributed by atoms with van der Waals surface area (Å²) >= 11 is 0. The maximum absolute atomic E-state index is 12.9. The molecule has 3 rings (SSSR count). The van der Waals surface area contributed by atoms with Crippen molar-refractivity contribution in [1.29, 1.82) is 0 Å². The van der Waals surface area contributed by atoms with Crippen molar-refractivity contribution in [2.45, 2.75) is 6.10 Å². The second-order valence-corrected chi connectivity index (χ2v) is 5.78. The smallest absolute Gasteiger partial charge is 0.316 e. The molecule has 0 aromatic heterocycles. The fourth-order valence-electron chi connectivity index (χ4n) is 2.52. The largest absolute Gasteiger partial charge is 0.476 e. The minimum Gasteiger partial charge on any atom is -0.476 e. The number of anilines is 2. The van der Waals surface area contributed by atoms with E-state index in [2.05, 4.69) is 10.6 Å². The van der Waals surface area contributed by atoms with Gasteiger partial charge in [0, 0.05) is 16.9 Å². The number of nitrogens with one attached hydrogen (secondary N) is 2. The number of nitrogens with two attached hydrogens (primary N) is 1. The van der Waals surface area contributed by atoms with Crippen LogP contribution < -0.4 is 21.1 Å². The molecule has 27 heavy (non-hydrogen) atoms. The number of carbonyl (C=O) groups is 2. The Morgan fingerprint density at radius 1 is 0.741 bits per heavy atom. The molecule has 6 heteroatoms. The van der Waals surface area contributed by atoms with Crippen LogP contribution in [0.15, 0.2) is 84.9 Å². The number of hydrogen-bond donors (Lipinski definition) is 3. The van der Waals surface area contributed by atoms with Gasteiger partial charge in [0.05, 0.1) is 0 Å². The molecule has 3 aromatic rings. The van der Waals surface area contributed by atoms with E-state index in [0.29, 0.717) is 17.1 Å². The Morgan fingerprint density at radius 2 is 1.26 bits per heavy atom. The second kappa shape index (κ2) is 8.53. The number of para-hydroxylation sites is 1. The lowest BCUT2D eigenvalue weighted by Crippen LogP contribution is -2.25. The minimum atomic E-state index is -0.808. The number of benzene rings is 3. The van der Waals surface area contributed by atoms with Crippen molar-refractivity contribution < 1.29 is 14.3 Å². The van der Waals surface area contributed by atoms with E-state index in [-0.39, 0.29) is 5.91 Å². The maximum atomic E-state index is 12.9. The van der Waals surface area contributed by atoms with E-state index in [1.54, 1.807) is 36.4 Å². The molecular weight excluding hydrogens is 342 g/mol. The van der Waals surface area contributed by atoms with Crippen LogP contribution in [-0.4, -0.2) is 11.9 Å². The van der Waals surface area contributed by atoms with Gasteiger partial charge in [0.1, 0.15) is 5.75 Å². The third kappa shape index (κ3) is 5.09. The highest BCUT2D eigenvalue weighted by atomic mass is 16.5. The molecule has 0 fully saturated rings. The third-order valence-electron chi connectivity index (χ3n) is 3.76. The first kappa shape index (κ1) is 18.0. The fourth-order valence-corrected chi connectivity index (χ4v) is 2.52. The van der Waals surface area contributed by atoms with Crippen molar-refractivity contribution in [3.8, 4) is 5.75 Å². The normalized spacial score (nSPS) is 11.3. The van der Waals surface area contributed by atoms with Crippen LogP contribution in [-0.2, 0) is 4.79 Å². The van der Waals surface area contributed by atoms with Gasteiger partial charge >= 0.3 is 6.03 Å². The predicted octanol–water partition coefficient (Wildman–Crippen LogP) is 3.94. The molecule has 3 aromatic carbocycles. The summed E-state index contributed by atoms with van der Waals surface area (Å²) in [6, 6.07) is 24.4. The summed E-state index contributed by atoms with van der Waals surface area (Å²) in [5.41, 5.74) is 6.94. The zero-order valence-electron chi connectivity index (χ0n) is 14.5. The van der Waals surface area contributed by atoms with E-state index in [1.165, 1.54) is 0 Å². The lowest BCUT2D eigenvalue weighted by Gasteiger charge is -2.19. The van der Waals surface area contributed by atoms with Gasteiger partial charge < -0.3 is 21.1 Å². The van der Waals surface area contributed by atoms with Crippen LogP contribution >= 0.6 is 0 Å². The monoisotopic (exact) mass is 361 g/mol. The van der Waals surface area contributed by atoms with Crippen molar-refractivity contribution in [2.24, 2.45) is 5.73 Å². The molecule has 136 valence electrons. The highest BCUT2D eigenvalue weighted by Gasteiger charge is 2.22. The Balaban J connectivity index is 1.77. The average molecular weight is 361 g/mol. The van der Waals surface area contributed by atoms with Gasteiger partial charge in [-0.1, -0.05) is 48.5 Å². The minimum absolute atomic E-state index is 0.305. The lowest BCUT2D eigenvalue weighted by atomic mass is 10.1. The number of urea groups is 1. The van der Waals surface area contributed by atoms with E-state index in [9.17, 15) is 9.59 Å². The van der Waals surface area contributed by atoms with Gasteiger partial charge in [-0.25, -0.2) is 4.79 Å². The van der Waals surface area contributed by atoms with E-state index >= 15 is 0 Å². The molecule has 0 unspecified atom stereocenters. The molecule has 0 aliphatic heterocycles. The zero-order chi connectivity index (χ0) is 19.1. The van der Waals surface area contributed by atoms with Crippen molar-refractivity contribution in [1.82, 2.24) is 0 Å². The lowest BCUT2D eigenvalue weighted by molar-refractivity contribution is -0.123. The number of hydrogen-bond acceptors (Lipinski definition) is 3. The Morgan fingerprint density at radius 3 is 1.81 bits per heavy atom. The summed E-state index contributed by atoms with van der Waals surface area (Å²) in [7, 11) is 0. The van der Waals surface area contributed by atoms with Crippen LogP contribution in [0.25, 0.3) is 0 Å². The van der Waals surface area contributed by atoms with Gasteiger partial charge in [0.15, 0.2) is 0 Å². The molecule has 0 bridgehead atoms. The van der Waals surface area contributed by atoms with Gasteiger partial charge in [-0.2, -0.15) is 0 Å². The summed E-state index contributed by atoms with van der Waals surface area (Å²) in [6.07, 6.45) is -0.808. The van der Waals surface area contributed by atoms with Crippen LogP contribution in [0.1, 0.15) is 11.7 Å². The number of primary amides is 1. The summed E-state index contributed by atoms with van der Waals surface area (Å²) in [5.74, 6) is 0.295. The molecule has 4 N–H and O–H groups in total. The van der Waals surface area contributed by atoms with Crippen molar-refractivity contribution >= 4 is 23.3 Å². The van der Waals surface area contributed by atoms with Crippen molar-refractivity contribution in [2.75, 3.05) is 10.6 Å². The Bertz CT molecular complexity index is 897. The Labute approximate surface area is 157 Å². The first-order valence-corrected chi connectivity index (χ1v) is 8.36. The summed E-state index contributed by atoms with van der Waals surface area (Å²) in [5, 5.41) is 5.30. The van der Waals surface area contributed by atoms with Gasteiger partial charge in [0.2, 0.25) is 6.10 Å². The molecule has 0 saturated heterocycles. The molecule has 1 atom stereocenters. The zero-order valence-corrected chi connectivity index (χ0v) is 14.5. The van der Waals surface area contributed by atoms with Gasteiger partial charge in [-0.05, 0) is 36.4 Å². The quantitative estimate of drug-likeness (QED) is 0.621. The molecule has 0 saturated carbocycles. The Hall–Kier alpha value is -3.80. The van der Waals surface area contributed by atoms with E-state index in [1.807, 2.05) is 48.5 Å². The third-order valence-corrected chi connectivity index (χ3v) is 3.76. The van der Waals surface area contributed by atoms with Gasteiger partial charge in [-0.15, -0.1) is 0 Å². The van der Waals surface area contributed by atoms with E-state index in [0.717, 1.165) is 5.56 Å². The van der Waals surface area contributed by atoms with Crippen molar-refractivity contribution in [3.05, 3.63) is 90.5 Å². The SMILES string of the molecule is NC(=O)Nc1ccc(NC(=O)[C@@H](Oc2ccccc2)c2ccccc2)cc1. The highest BCUT2D eigenvalue weighted by Crippen LogP contribution is 2.24. The molecule has 0 heterocycles. The summed E-state index contributed by atoms with van der Waals surface area (Å²) in [6.45, 7) is 0. The number of ether oxygens (including phenoxy) is 1. The summed E-state index contributed by atoms with van der Waals surface area (Å²) in [4.78, 5) is 23.7. The molecule has 0 aliphatic carbocycles. The molecule has 0 spiro atoms. The van der Waals surface area contributed by atoms with Gasteiger partial charge in [0.25, 0.3) is 5.91 Å². The van der Waals surface area contributed by atoms with E-state index in [4.69, 9.17) is 10.5 Å². The molecule has 0 radical (unpaired) electrons. The summed E-state index contributed by atoms with van der Waals surface area (Å²) < 4.78 is 5.93. The fraction of sp³-hybridized carbons (Fsp3) is 0.0476. The number of rotatable bonds is 6. The first-order valence-electron chi connectivity index (χ1n) is 8.36.